The summed E-state index contributed by atoms with van der Waals surface area (Å²) in [4.78, 5) is 22.8. The number of anilines is 2. The molecule has 116 valence electrons. The maximum atomic E-state index is 12.7. The Kier molecular flexibility index (Phi) is 5.33. The minimum absolute atomic E-state index is 0.178. The Bertz CT molecular complexity index is 660. The van der Waals surface area contributed by atoms with E-state index in [1.165, 1.54) is 0 Å². The number of hydrogen-bond donors (Lipinski definition) is 1. The van der Waals surface area contributed by atoms with Crippen LogP contribution < -0.4 is 10.2 Å². The summed E-state index contributed by atoms with van der Waals surface area (Å²) in [5.41, 5.74) is 0.461. The van der Waals surface area contributed by atoms with Gasteiger partial charge in [-0.15, -0.1) is 0 Å². The molecule has 2 rings (SSSR count). The smallest absolute Gasteiger partial charge is 0.260 e. The van der Waals surface area contributed by atoms with Gasteiger partial charge >= 0.3 is 0 Å². The third-order valence-electron chi connectivity index (χ3n) is 3.00. The Balaban J connectivity index is 2.32. The van der Waals surface area contributed by atoms with E-state index in [0.717, 1.165) is 0 Å². The number of hydrogen-bond acceptors (Lipinski definition) is 4. The van der Waals surface area contributed by atoms with Crippen molar-refractivity contribution in [3.63, 3.8) is 0 Å². The van der Waals surface area contributed by atoms with Gasteiger partial charge in [0, 0.05) is 18.8 Å². The van der Waals surface area contributed by atoms with Crippen molar-refractivity contribution in [2.75, 3.05) is 16.8 Å². The second kappa shape index (κ2) is 7.22. The van der Waals surface area contributed by atoms with Gasteiger partial charge in [-0.05, 0) is 39.0 Å². The Hall–Kier alpha value is -2.14. The average Bonchev–Trinajstić information content (AvgIpc) is 2.48. The highest BCUT2D eigenvalue weighted by molar-refractivity contribution is 6.34. The van der Waals surface area contributed by atoms with E-state index in [0.29, 0.717) is 28.9 Å². The average molecular weight is 319 g/mol. The number of carbonyl (C=O) groups excluding carboxylic acids is 1. The lowest BCUT2D eigenvalue weighted by molar-refractivity contribution is 0.0987. The van der Waals surface area contributed by atoms with Gasteiger partial charge in [-0.2, -0.15) is 4.98 Å². The molecule has 0 saturated heterocycles. The van der Waals surface area contributed by atoms with E-state index in [1.54, 1.807) is 41.4 Å². The zero-order valence-electron chi connectivity index (χ0n) is 12.9. The monoisotopic (exact) mass is 318 g/mol. The first-order valence-electron chi connectivity index (χ1n) is 7.19. The summed E-state index contributed by atoms with van der Waals surface area (Å²) in [7, 11) is 0. The number of benzene rings is 1. The Morgan fingerprint density at radius 3 is 2.68 bits per heavy atom. The van der Waals surface area contributed by atoms with Crippen LogP contribution in [0.2, 0.25) is 5.02 Å². The predicted molar refractivity (Wildman–Crippen MR) is 89.6 cm³/mol. The van der Waals surface area contributed by atoms with E-state index in [4.69, 9.17) is 11.6 Å². The number of nitrogens with one attached hydrogen (secondary N) is 1. The molecule has 0 aliphatic heterocycles. The molecule has 0 fully saturated rings. The minimum Gasteiger partial charge on any atom is -0.352 e. The Labute approximate surface area is 135 Å². The van der Waals surface area contributed by atoms with Crippen LogP contribution in [0.3, 0.4) is 0 Å². The SMILES string of the molecule is CCN(C(=O)c1ccccc1Cl)c1ccnc(NC(C)C)n1. The van der Waals surface area contributed by atoms with Gasteiger partial charge in [-0.25, -0.2) is 4.98 Å². The molecule has 1 aromatic heterocycles. The Morgan fingerprint density at radius 2 is 2.05 bits per heavy atom. The van der Waals surface area contributed by atoms with Crippen LogP contribution in [0.5, 0.6) is 0 Å². The number of halogens is 1. The summed E-state index contributed by atoms with van der Waals surface area (Å²) in [6.07, 6.45) is 1.63. The molecular weight excluding hydrogens is 300 g/mol. The molecule has 0 atom stereocenters. The van der Waals surface area contributed by atoms with E-state index in [2.05, 4.69) is 15.3 Å². The number of rotatable bonds is 5. The molecule has 2 aromatic rings. The molecule has 0 unspecified atom stereocenters. The highest BCUT2D eigenvalue weighted by Crippen LogP contribution is 2.21. The van der Waals surface area contributed by atoms with Crippen molar-refractivity contribution < 1.29 is 4.79 Å². The Morgan fingerprint density at radius 1 is 1.32 bits per heavy atom. The van der Waals surface area contributed by atoms with E-state index in [9.17, 15) is 4.79 Å². The molecule has 6 heteroatoms. The van der Waals surface area contributed by atoms with Crippen molar-refractivity contribution in [3.8, 4) is 0 Å². The van der Waals surface area contributed by atoms with Gasteiger partial charge in [-0.3, -0.25) is 9.69 Å². The topological polar surface area (TPSA) is 58.1 Å². The lowest BCUT2D eigenvalue weighted by atomic mass is 10.2. The van der Waals surface area contributed by atoms with Gasteiger partial charge in [-0.1, -0.05) is 23.7 Å². The van der Waals surface area contributed by atoms with Crippen molar-refractivity contribution in [2.24, 2.45) is 0 Å². The molecule has 0 aliphatic carbocycles. The lowest BCUT2D eigenvalue weighted by Gasteiger charge is -2.21. The molecule has 1 aromatic carbocycles. The largest absolute Gasteiger partial charge is 0.352 e. The first-order chi connectivity index (χ1) is 10.5. The molecule has 0 bridgehead atoms. The number of carbonyl (C=O) groups is 1. The second-order valence-electron chi connectivity index (χ2n) is 5.07. The molecule has 0 radical (unpaired) electrons. The van der Waals surface area contributed by atoms with E-state index in [1.807, 2.05) is 20.8 Å². The minimum atomic E-state index is -0.178. The van der Waals surface area contributed by atoms with Gasteiger partial charge in [0.05, 0.1) is 10.6 Å². The maximum absolute atomic E-state index is 12.7. The summed E-state index contributed by atoms with van der Waals surface area (Å²) in [6, 6.07) is 8.92. The predicted octanol–water partition coefficient (Wildman–Crippen LogP) is 3.62. The van der Waals surface area contributed by atoms with Crippen LogP contribution in [0.4, 0.5) is 11.8 Å². The van der Waals surface area contributed by atoms with Gasteiger partial charge in [0.2, 0.25) is 5.95 Å². The zero-order chi connectivity index (χ0) is 16.1. The molecule has 22 heavy (non-hydrogen) atoms. The summed E-state index contributed by atoms with van der Waals surface area (Å²) >= 11 is 6.12. The molecule has 0 aliphatic rings. The van der Waals surface area contributed by atoms with Crippen molar-refractivity contribution >= 4 is 29.3 Å². The van der Waals surface area contributed by atoms with Gasteiger partial charge in [0.15, 0.2) is 0 Å². The van der Waals surface area contributed by atoms with Crippen molar-refractivity contribution in [2.45, 2.75) is 26.8 Å². The number of aromatic nitrogens is 2. The van der Waals surface area contributed by atoms with Crippen LogP contribution in [0.25, 0.3) is 0 Å². The third-order valence-corrected chi connectivity index (χ3v) is 3.33. The molecule has 1 amide bonds. The second-order valence-corrected chi connectivity index (χ2v) is 5.47. The van der Waals surface area contributed by atoms with Gasteiger partial charge in [0.1, 0.15) is 5.82 Å². The maximum Gasteiger partial charge on any atom is 0.260 e. The van der Waals surface area contributed by atoms with Crippen LogP contribution in [0, 0.1) is 0 Å². The van der Waals surface area contributed by atoms with Crippen molar-refractivity contribution in [1.82, 2.24) is 9.97 Å². The zero-order valence-corrected chi connectivity index (χ0v) is 13.6. The van der Waals surface area contributed by atoms with Crippen molar-refractivity contribution in [1.29, 1.82) is 0 Å². The fourth-order valence-corrected chi connectivity index (χ4v) is 2.23. The molecule has 5 nitrogen and oxygen atoms in total. The summed E-state index contributed by atoms with van der Waals surface area (Å²) < 4.78 is 0. The fraction of sp³-hybridized carbons (Fsp3) is 0.312. The quantitative estimate of drug-likeness (QED) is 0.914. The van der Waals surface area contributed by atoms with E-state index in [-0.39, 0.29) is 11.9 Å². The van der Waals surface area contributed by atoms with Crippen LogP contribution in [0.15, 0.2) is 36.5 Å². The first-order valence-corrected chi connectivity index (χ1v) is 7.56. The van der Waals surface area contributed by atoms with E-state index < -0.39 is 0 Å². The van der Waals surface area contributed by atoms with Crippen LogP contribution in [-0.4, -0.2) is 28.5 Å². The summed E-state index contributed by atoms with van der Waals surface area (Å²) in [6.45, 7) is 6.39. The molecular formula is C16H19ClN4O. The summed E-state index contributed by atoms with van der Waals surface area (Å²) in [5, 5.41) is 3.56. The summed E-state index contributed by atoms with van der Waals surface area (Å²) in [5.74, 6) is 0.866. The molecule has 1 heterocycles. The van der Waals surface area contributed by atoms with Crippen molar-refractivity contribution in [3.05, 3.63) is 47.1 Å². The van der Waals surface area contributed by atoms with Gasteiger partial charge < -0.3 is 5.32 Å². The van der Waals surface area contributed by atoms with Crippen LogP contribution in [-0.2, 0) is 0 Å². The van der Waals surface area contributed by atoms with Crippen LogP contribution >= 0.6 is 11.6 Å². The molecule has 0 spiro atoms. The number of nitrogens with zero attached hydrogens (tertiary/aromatic N) is 3. The number of amides is 1. The highest BCUT2D eigenvalue weighted by Gasteiger charge is 2.19. The lowest BCUT2D eigenvalue weighted by Crippen LogP contribution is -2.32. The third kappa shape index (κ3) is 3.74. The fourth-order valence-electron chi connectivity index (χ4n) is 2.02. The highest BCUT2D eigenvalue weighted by atomic mass is 35.5. The standard InChI is InChI=1S/C16H19ClN4O/c1-4-21(15(22)12-7-5-6-8-13(12)17)14-9-10-18-16(20-14)19-11(2)3/h5-11H,4H2,1-3H3,(H,18,19,20). The van der Waals surface area contributed by atoms with Gasteiger partial charge in [0.25, 0.3) is 5.91 Å². The first kappa shape index (κ1) is 16.2. The molecule has 1 N–H and O–H groups in total. The van der Waals surface area contributed by atoms with Crippen LogP contribution in [0.1, 0.15) is 31.1 Å². The normalized spacial score (nSPS) is 10.6. The van der Waals surface area contributed by atoms with E-state index >= 15 is 0 Å². The molecule has 0 saturated carbocycles.